The van der Waals surface area contributed by atoms with Gasteiger partial charge in [0, 0.05) is 50.5 Å². The van der Waals surface area contributed by atoms with E-state index in [2.05, 4.69) is 19.8 Å². The lowest BCUT2D eigenvalue weighted by atomic mass is 10.2. The molecule has 0 radical (unpaired) electrons. The molecule has 1 saturated heterocycles. The molecule has 2 aromatic heterocycles. The van der Waals surface area contributed by atoms with Crippen molar-refractivity contribution in [1.29, 1.82) is 0 Å². The maximum atomic E-state index is 6.37. The van der Waals surface area contributed by atoms with E-state index in [1.54, 1.807) is 17.5 Å². The molecule has 20 heavy (non-hydrogen) atoms. The number of hydrogen-bond acceptors (Lipinski definition) is 6. The molecule has 0 spiro atoms. The third kappa shape index (κ3) is 2.59. The molecule has 1 aliphatic rings. The van der Waals surface area contributed by atoms with Gasteiger partial charge < -0.3 is 15.5 Å². The second-order valence-electron chi connectivity index (χ2n) is 4.60. The van der Waals surface area contributed by atoms with Crippen molar-refractivity contribution in [1.82, 2.24) is 9.97 Å². The molecule has 0 aliphatic carbocycles. The van der Waals surface area contributed by atoms with E-state index in [1.165, 1.54) is 0 Å². The van der Waals surface area contributed by atoms with Crippen LogP contribution >= 0.6 is 22.9 Å². The Labute approximate surface area is 127 Å². The molecular formula is C13H16ClN5S. The van der Waals surface area contributed by atoms with Gasteiger partial charge in [-0.1, -0.05) is 11.6 Å². The van der Waals surface area contributed by atoms with Crippen molar-refractivity contribution in [3.63, 3.8) is 0 Å². The molecule has 0 aromatic carbocycles. The molecule has 3 heterocycles. The summed E-state index contributed by atoms with van der Waals surface area (Å²) < 4.78 is 0. The van der Waals surface area contributed by atoms with E-state index in [4.69, 9.17) is 17.3 Å². The Morgan fingerprint density at radius 1 is 1.15 bits per heavy atom. The summed E-state index contributed by atoms with van der Waals surface area (Å²) in [5.41, 5.74) is 6.63. The van der Waals surface area contributed by atoms with Gasteiger partial charge in [0.2, 0.25) is 0 Å². The summed E-state index contributed by atoms with van der Waals surface area (Å²) in [5.74, 6) is 0.841. The Balaban J connectivity index is 1.72. The number of pyridine rings is 1. The van der Waals surface area contributed by atoms with E-state index in [-0.39, 0.29) is 0 Å². The average molecular weight is 310 g/mol. The van der Waals surface area contributed by atoms with E-state index in [0.29, 0.717) is 11.6 Å². The highest BCUT2D eigenvalue weighted by Crippen LogP contribution is 2.28. The summed E-state index contributed by atoms with van der Waals surface area (Å²) in [6, 6.07) is 1.87. The first-order valence-corrected chi connectivity index (χ1v) is 7.78. The molecular weight excluding hydrogens is 294 g/mol. The number of nitrogens with zero attached hydrogens (tertiary/aromatic N) is 4. The van der Waals surface area contributed by atoms with E-state index in [1.807, 2.05) is 17.6 Å². The van der Waals surface area contributed by atoms with E-state index in [0.717, 1.165) is 42.7 Å². The molecule has 0 amide bonds. The fraction of sp³-hybridized carbons (Fsp3) is 0.385. The number of aromatic nitrogens is 2. The van der Waals surface area contributed by atoms with Crippen LogP contribution in [0.25, 0.3) is 0 Å². The largest absolute Gasteiger partial charge is 0.352 e. The Hall–Kier alpha value is -1.37. The molecule has 2 N–H and O–H groups in total. The van der Waals surface area contributed by atoms with Gasteiger partial charge in [-0.05, 0) is 11.6 Å². The minimum Gasteiger partial charge on any atom is -0.352 e. The van der Waals surface area contributed by atoms with Gasteiger partial charge in [-0.2, -0.15) is 0 Å². The van der Waals surface area contributed by atoms with Crippen molar-refractivity contribution in [2.75, 3.05) is 36.0 Å². The fourth-order valence-corrected chi connectivity index (χ4v) is 3.34. The van der Waals surface area contributed by atoms with Crippen LogP contribution in [-0.4, -0.2) is 36.1 Å². The van der Waals surface area contributed by atoms with Crippen molar-refractivity contribution in [2.45, 2.75) is 6.54 Å². The Bertz CT molecular complexity index is 566. The number of anilines is 2. The van der Waals surface area contributed by atoms with Gasteiger partial charge in [-0.15, -0.1) is 11.3 Å². The zero-order valence-electron chi connectivity index (χ0n) is 11.0. The predicted octanol–water partition coefficient (Wildman–Crippen LogP) is 1.98. The van der Waals surface area contributed by atoms with Crippen LogP contribution in [0.1, 0.15) is 5.56 Å². The smallest absolute Gasteiger partial charge is 0.185 e. The van der Waals surface area contributed by atoms with E-state index >= 15 is 0 Å². The van der Waals surface area contributed by atoms with Crippen LogP contribution < -0.4 is 15.5 Å². The Morgan fingerprint density at radius 2 is 1.90 bits per heavy atom. The molecule has 1 fully saturated rings. The van der Waals surface area contributed by atoms with Gasteiger partial charge in [-0.3, -0.25) is 0 Å². The minimum atomic E-state index is 0.438. The lowest BCUT2D eigenvalue weighted by Crippen LogP contribution is -2.47. The van der Waals surface area contributed by atoms with Crippen LogP contribution in [0, 0.1) is 0 Å². The third-order valence-electron chi connectivity index (χ3n) is 3.44. The summed E-state index contributed by atoms with van der Waals surface area (Å²) in [4.78, 5) is 13.3. The predicted molar refractivity (Wildman–Crippen MR) is 83.7 cm³/mol. The molecule has 0 unspecified atom stereocenters. The number of hydrogen-bond donors (Lipinski definition) is 1. The van der Waals surface area contributed by atoms with Crippen LogP contribution in [0.3, 0.4) is 0 Å². The third-order valence-corrected chi connectivity index (χ3v) is 4.68. The van der Waals surface area contributed by atoms with Crippen molar-refractivity contribution in [3.8, 4) is 0 Å². The number of halogens is 1. The van der Waals surface area contributed by atoms with Crippen molar-refractivity contribution >= 4 is 33.9 Å². The molecule has 0 atom stereocenters. The normalized spacial score (nSPS) is 15.7. The van der Waals surface area contributed by atoms with Crippen molar-refractivity contribution < 1.29 is 0 Å². The molecule has 5 nitrogen and oxygen atoms in total. The van der Waals surface area contributed by atoms with Gasteiger partial charge in [0.25, 0.3) is 0 Å². The van der Waals surface area contributed by atoms with Gasteiger partial charge >= 0.3 is 0 Å². The zero-order valence-corrected chi connectivity index (χ0v) is 12.6. The van der Waals surface area contributed by atoms with Gasteiger partial charge in [0.1, 0.15) is 5.82 Å². The summed E-state index contributed by atoms with van der Waals surface area (Å²) >= 11 is 8.04. The molecule has 2 aromatic rings. The number of nitrogens with two attached hydrogens (primary N) is 1. The minimum absolute atomic E-state index is 0.438. The molecule has 3 rings (SSSR count). The number of thiazole rings is 1. The van der Waals surface area contributed by atoms with Crippen LogP contribution in [0.15, 0.2) is 23.8 Å². The van der Waals surface area contributed by atoms with Gasteiger partial charge in [-0.25, -0.2) is 9.97 Å². The highest BCUT2D eigenvalue weighted by Gasteiger charge is 2.21. The first-order chi connectivity index (χ1) is 9.79. The zero-order chi connectivity index (χ0) is 13.9. The Kier molecular flexibility index (Phi) is 4.05. The fourth-order valence-electron chi connectivity index (χ4n) is 2.33. The molecule has 106 valence electrons. The highest BCUT2D eigenvalue weighted by atomic mass is 35.5. The van der Waals surface area contributed by atoms with Crippen molar-refractivity contribution in [2.24, 2.45) is 5.73 Å². The highest BCUT2D eigenvalue weighted by molar-refractivity contribution is 7.13. The maximum absolute atomic E-state index is 6.37. The molecule has 1 aliphatic heterocycles. The lowest BCUT2D eigenvalue weighted by molar-refractivity contribution is 0.646. The van der Waals surface area contributed by atoms with Crippen molar-refractivity contribution in [3.05, 3.63) is 34.4 Å². The SMILES string of the molecule is NCc1ccnc(N2CCN(c3nccs3)CC2)c1Cl. The lowest BCUT2D eigenvalue weighted by Gasteiger charge is -2.35. The van der Waals surface area contributed by atoms with Gasteiger partial charge in [0.05, 0.1) is 5.02 Å². The summed E-state index contributed by atoms with van der Waals surface area (Å²) in [6.45, 7) is 4.07. The first-order valence-electron chi connectivity index (χ1n) is 6.52. The second kappa shape index (κ2) is 5.95. The summed E-state index contributed by atoms with van der Waals surface area (Å²) in [6.07, 6.45) is 3.62. The summed E-state index contributed by atoms with van der Waals surface area (Å²) in [5, 5.41) is 3.77. The standard InChI is InChI=1S/C13H16ClN5S/c14-11-10(9-15)1-2-16-12(11)18-4-6-19(7-5-18)13-17-3-8-20-13/h1-3,8H,4-7,9,15H2. The van der Waals surface area contributed by atoms with Crippen LogP contribution in [-0.2, 0) is 6.54 Å². The first kappa shape index (κ1) is 13.6. The monoisotopic (exact) mass is 309 g/mol. The van der Waals surface area contributed by atoms with Crippen LogP contribution in [0.4, 0.5) is 10.9 Å². The average Bonchev–Trinajstić information content (AvgIpc) is 3.02. The molecule has 7 heteroatoms. The Morgan fingerprint density at radius 3 is 2.55 bits per heavy atom. The maximum Gasteiger partial charge on any atom is 0.185 e. The summed E-state index contributed by atoms with van der Waals surface area (Å²) in [7, 11) is 0. The van der Waals surface area contributed by atoms with Gasteiger partial charge in [0.15, 0.2) is 5.13 Å². The van der Waals surface area contributed by atoms with E-state index in [9.17, 15) is 0 Å². The molecule has 0 bridgehead atoms. The van der Waals surface area contributed by atoms with Crippen LogP contribution in [0.2, 0.25) is 5.02 Å². The number of piperazine rings is 1. The molecule has 0 saturated carbocycles. The topological polar surface area (TPSA) is 58.3 Å². The number of rotatable bonds is 3. The van der Waals surface area contributed by atoms with E-state index < -0.39 is 0 Å². The van der Waals surface area contributed by atoms with Crippen LogP contribution in [0.5, 0.6) is 0 Å². The quantitative estimate of drug-likeness (QED) is 0.939. The second-order valence-corrected chi connectivity index (χ2v) is 5.85.